The van der Waals surface area contributed by atoms with Gasteiger partial charge in [0.2, 0.25) is 5.91 Å². The highest BCUT2D eigenvalue weighted by molar-refractivity contribution is 6.32. The van der Waals surface area contributed by atoms with Gasteiger partial charge in [-0.05, 0) is 25.0 Å². The predicted molar refractivity (Wildman–Crippen MR) is 55.6 cm³/mol. The first-order chi connectivity index (χ1) is 6.70. The average molecular weight is 211 g/mol. The van der Waals surface area contributed by atoms with Gasteiger partial charge >= 0.3 is 0 Å². The summed E-state index contributed by atoms with van der Waals surface area (Å²) in [5.41, 5.74) is 1.77. The Bertz CT molecular complexity index is 358. The molecule has 14 heavy (non-hydrogen) atoms. The summed E-state index contributed by atoms with van der Waals surface area (Å²) in [7, 11) is 0. The first kappa shape index (κ1) is 9.46. The minimum absolute atomic E-state index is 0.142. The van der Waals surface area contributed by atoms with Gasteiger partial charge in [0.05, 0.1) is 5.69 Å². The van der Waals surface area contributed by atoms with Gasteiger partial charge in [-0.2, -0.15) is 0 Å². The van der Waals surface area contributed by atoms with Crippen LogP contribution in [-0.4, -0.2) is 17.4 Å². The maximum Gasteiger partial charge on any atom is 0.227 e. The van der Waals surface area contributed by atoms with Gasteiger partial charge < -0.3 is 4.90 Å². The summed E-state index contributed by atoms with van der Waals surface area (Å²) in [6.07, 6.45) is 3.18. The molecule has 0 spiro atoms. The Morgan fingerprint density at radius 3 is 2.93 bits per heavy atom. The van der Waals surface area contributed by atoms with Crippen LogP contribution in [0.3, 0.4) is 0 Å². The molecule has 0 aliphatic carbocycles. The second kappa shape index (κ2) is 3.58. The molecule has 1 aliphatic heterocycles. The number of hydrogen-bond acceptors (Lipinski definition) is 2. The smallest absolute Gasteiger partial charge is 0.227 e. The van der Waals surface area contributed by atoms with Gasteiger partial charge in [0.25, 0.3) is 0 Å². The number of anilines is 1. The van der Waals surface area contributed by atoms with Crippen LogP contribution in [0.1, 0.15) is 18.4 Å². The number of aryl methyl sites for hydroxylation is 1. The zero-order valence-corrected chi connectivity index (χ0v) is 8.71. The van der Waals surface area contributed by atoms with E-state index in [9.17, 15) is 4.79 Å². The maximum atomic E-state index is 11.5. The highest BCUT2D eigenvalue weighted by atomic mass is 35.5. The standard InChI is InChI=1S/C10H11ClN2O/c1-7-4-5-12-10(11)9(7)13-6-2-3-8(13)14/h4-5H,2-3,6H2,1H3. The van der Waals surface area contributed by atoms with Crippen molar-refractivity contribution in [3.8, 4) is 0 Å². The zero-order chi connectivity index (χ0) is 10.1. The topological polar surface area (TPSA) is 33.2 Å². The van der Waals surface area contributed by atoms with E-state index in [1.54, 1.807) is 11.1 Å². The van der Waals surface area contributed by atoms with E-state index in [0.717, 1.165) is 24.2 Å². The van der Waals surface area contributed by atoms with Gasteiger partial charge in [-0.25, -0.2) is 4.98 Å². The summed E-state index contributed by atoms with van der Waals surface area (Å²) >= 11 is 5.97. The van der Waals surface area contributed by atoms with Gasteiger partial charge in [-0.15, -0.1) is 0 Å². The van der Waals surface area contributed by atoms with Crippen molar-refractivity contribution in [3.05, 3.63) is 23.0 Å². The number of amides is 1. The minimum Gasteiger partial charge on any atom is -0.309 e. The predicted octanol–water partition coefficient (Wildman–Crippen LogP) is 2.17. The lowest BCUT2D eigenvalue weighted by Gasteiger charge is -2.18. The summed E-state index contributed by atoms with van der Waals surface area (Å²) in [6, 6.07) is 1.87. The largest absolute Gasteiger partial charge is 0.309 e. The molecule has 0 aromatic carbocycles. The van der Waals surface area contributed by atoms with Gasteiger partial charge in [0.1, 0.15) is 0 Å². The van der Waals surface area contributed by atoms with Gasteiger partial charge in [0, 0.05) is 19.2 Å². The number of aromatic nitrogens is 1. The second-order valence-corrected chi connectivity index (χ2v) is 3.77. The highest BCUT2D eigenvalue weighted by Gasteiger charge is 2.25. The number of carbonyl (C=O) groups is 1. The fraction of sp³-hybridized carbons (Fsp3) is 0.400. The van der Waals surface area contributed by atoms with Crippen LogP contribution in [0.25, 0.3) is 0 Å². The molecule has 74 valence electrons. The molecule has 0 unspecified atom stereocenters. The summed E-state index contributed by atoms with van der Waals surface area (Å²) < 4.78 is 0. The lowest BCUT2D eigenvalue weighted by molar-refractivity contribution is -0.117. The Balaban J connectivity index is 2.44. The first-order valence-corrected chi connectivity index (χ1v) is 4.99. The molecule has 2 rings (SSSR count). The third-order valence-corrected chi connectivity index (χ3v) is 2.70. The Labute approximate surface area is 87.7 Å². The molecule has 0 atom stereocenters. The molecule has 0 saturated carbocycles. The molecule has 1 aliphatic rings. The van der Waals surface area contributed by atoms with Crippen LogP contribution < -0.4 is 4.90 Å². The van der Waals surface area contributed by atoms with Gasteiger partial charge in [-0.1, -0.05) is 11.6 Å². The van der Waals surface area contributed by atoms with Gasteiger partial charge in [-0.3, -0.25) is 4.79 Å². The lowest BCUT2D eigenvalue weighted by atomic mass is 10.2. The maximum absolute atomic E-state index is 11.5. The molecule has 3 nitrogen and oxygen atoms in total. The molecular formula is C10H11ClN2O. The number of nitrogens with zero attached hydrogens (tertiary/aromatic N) is 2. The summed E-state index contributed by atoms with van der Waals surface area (Å²) in [5.74, 6) is 0.142. The van der Waals surface area contributed by atoms with Crippen molar-refractivity contribution in [2.24, 2.45) is 0 Å². The molecule has 0 N–H and O–H groups in total. The SMILES string of the molecule is Cc1ccnc(Cl)c1N1CCCC1=O. The molecule has 4 heteroatoms. The van der Waals surface area contributed by atoms with E-state index in [1.165, 1.54) is 0 Å². The molecule has 1 fully saturated rings. The van der Waals surface area contributed by atoms with Crippen molar-refractivity contribution in [1.82, 2.24) is 4.98 Å². The molecule has 1 aromatic heterocycles. The minimum atomic E-state index is 0.142. The summed E-state index contributed by atoms with van der Waals surface area (Å²) in [6.45, 7) is 2.69. The first-order valence-electron chi connectivity index (χ1n) is 4.61. The lowest BCUT2D eigenvalue weighted by Crippen LogP contribution is -2.25. The third kappa shape index (κ3) is 1.48. The van der Waals surface area contributed by atoms with Crippen LogP contribution in [0.5, 0.6) is 0 Å². The quantitative estimate of drug-likeness (QED) is 0.666. The van der Waals surface area contributed by atoms with Gasteiger partial charge in [0.15, 0.2) is 5.15 Å². The molecule has 0 bridgehead atoms. The van der Waals surface area contributed by atoms with Crippen LogP contribution >= 0.6 is 11.6 Å². The normalized spacial score (nSPS) is 16.4. The van der Waals surface area contributed by atoms with Crippen molar-refractivity contribution < 1.29 is 4.79 Å². The van der Waals surface area contributed by atoms with E-state index in [-0.39, 0.29) is 5.91 Å². The van der Waals surface area contributed by atoms with Crippen LogP contribution in [0.15, 0.2) is 12.3 Å². The van der Waals surface area contributed by atoms with Crippen molar-refractivity contribution in [2.75, 3.05) is 11.4 Å². The Hall–Kier alpha value is -1.09. The van der Waals surface area contributed by atoms with E-state index in [4.69, 9.17) is 11.6 Å². The van der Waals surface area contributed by atoms with Crippen LogP contribution in [0.4, 0.5) is 5.69 Å². The van der Waals surface area contributed by atoms with E-state index >= 15 is 0 Å². The summed E-state index contributed by atoms with van der Waals surface area (Å²) in [5, 5.41) is 0.417. The Morgan fingerprint density at radius 1 is 1.57 bits per heavy atom. The molecule has 1 amide bonds. The number of carbonyl (C=O) groups excluding carboxylic acids is 1. The highest BCUT2D eigenvalue weighted by Crippen LogP contribution is 2.30. The average Bonchev–Trinajstić information content (AvgIpc) is 2.52. The van der Waals surface area contributed by atoms with Crippen LogP contribution in [0, 0.1) is 6.92 Å². The monoisotopic (exact) mass is 210 g/mol. The Morgan fingerprint density at radius 2 is 2.36 bits per heavy atom. The third-order valence-electron chi connectivity index (χ3n) is 2.42. The molecule has 0 radical (unpaired) electrons. The van der Waals surface area contributed by atoms with Crippen molar-refractivity contribution in [3.63, 3.8) is 0 Å². The van der Waals surface area contributed by atoms with Crippen molar-refractivity contribution in [2.45, 2.75) is 19.8 Å². The number of pyridine rings is 1. The number of hydrogen-bond donors (Lipinski definition) is 0. The molecule has 2 heterocycles. The molecule has 1 saturated heterocycles. The van der Waals surface area contributed by atoms with E-state index in [1.807, 2.05) is 13.0 Å². The van der Waals surface area contributed by atoms with Crippen LogP contribution in [0.2, 0.25) is 5.15 Å². The van der Waals surface area contributed by atoms with E-state index in [0.29, 0.717) is 11.6 Å². The second-order valence-electron chi connectivity index (χ2n) is 3.42. The molecule has 1 aromatic rings. The van der Waals surface area contributed by atoms with E-state index in [2.05, 4.69) is 4.98 Å². The summed E-state index contributed by atoms with van der Waals surface area (Å²) in [4.78, 5) is 17.2. The zero-order valence-electron chi connectivity index (χ0n) is 7.96. The van der Waals surface area contributed by atoms with Crippen LogP contribution in [-0.2, 0) is 4.79 Å². The Kier molecular flexibility index (Phi) is 2.42. The van der Waals surface area contributed by atoms with Crippen molar-refractivity contribution >= 4 is 23.2 Å². The van der Waals surface area contributed by atoms with Crippen molar-refractivity contribution in [1.29, 1.82) is 0 Å². The number of halogens is 1. The molecular weight excluding hydrogens is 200 g/mol. The fourth-order valence-electron chi connectivity index (χ4n) is 1.73. The number of rotatable bonds is 1. The van der Waals surface area contributed by atoms with E-state index < -0.39 is 0 Å². The fourth-order valence-corrected chi connectivity index (χ4v) is 2.03.